The predicted molar refractivity (Wildman–Crippen MR) is 85.5 cm³/mol. The van der Waals surface area contributed by atoms with E-state index in [1.54, 1.807) is 12.1 Å². The minimum Gasteiger partial charge on any atom is -0.385 e. The van der Waals surface area contributed by atoms with Gasteiger partial charge in [0.25, 0.3) is 5.91 Å². The molecule has 4 nitrogen and oxygen atoms in total. The first-order valence-electron chi connectivity index (χ1n) is 6.17. The van der Waals surface area contributed by atoms with Crippen molar-refractivity contribution in [1.82, 2.24) is 4.98 Å². The largest absolute Gasteiger partial charge is 0.385 e. The van der Waals surface area contributed by atoms with E-state index >= 15 is 0 Å². The van der Waals surface area contributed by atoms with Gasteiger partial charge in [-0.1, -0.05) is 11.6 Å². The fraction of sp³-hybridized carbons (Fsp3) is 0.143. The standard InChI is InChI=1S/C14H12BrClFN3O/c1-2-18-9-3-4-19-12(7-9)14(21)20-13-10(15)5-8(17)6-11(13)16/h3-7H,2H2,1H3,(H,18,19)(H,20,21). The highest BCUT2D eigenvalue weighted by atomic mass is 79.9. The summed E-state index contributed by atoms with van der Waals surface area (Å²) in [7, 11) is 0. The molecule has 0 atom stereocenters. The summed E-state index contributed by atoms with van der Waals surface area (Å²) in [5.41, 5.74) is 1.33. The Hall–Kier alpha value is -1.66. The number of halogens is 3. The quantitative estimate of drug-likeness (QED) is 0.840. The molecule has 0 aliphatic carbocycles. The first-order valence-corrected chi connectivity index (χ1v) is 7.34. The van der Waals surface area contributed by atoms with E-state index in [4.69, 9.17) is 11.6 Å². The molecule has 2 rings (SSSR count). The summed E-state index contributed by atoms with van der Waals surface area (Å²) in [6.45, 7) is 2.69. The third-order valence-electron chi connectivity index (χ3n) is 2.62. The average molecular weight is 373 g/mol. The van der Waals surface area contributed by atoms with E-state index < -0.39 is 11.7 Å². The van der Waals surface area contributed by atoms with Crippen molar-refractivity contribution in [2.75, 3.05) is 17.2 Å². The molecule has 21 heavy (non-hydrogen) atoms. The van der Waals surface area contributed by atoms with Crippen LogP contribution in [0.15, 0.2) is 34.9 Å². The van der Waals surface area contributed by atoms with Crippen LogP contribution in [0.1, 0.15) is 17.4 Å². The molecule has 1 aromatic carbocycles. The fourth-order valence-electron chi connectivity index (χ4n) is 1.71. The second-order valence-electron chi connectivity index (χ2n) is 4.16. The molecule has 7 heteroatoms. The lowest BCUT2D eigenvalue weighted by Gasteiger charge is -2.10. The van der Waals surface area contributed by atoms with Gasteiger partial charge in [-0.3, -0.25) is 9.78 Å². The number of benzene rings is 1. The molecule has 1 heterocycles. The molecule has 1 aromatic heterocycles. The first-order chi connectivity index (χ1) is 10.0. The third-order valence-corrected chi connectivity index (χ3v) is 3.54. The van der Waals surface area contributed by atoms with Crippen LogP contribution in [0.5, 0.6) is 0 Å². The number of nitrogens with zero attached hydrogens (tertiary/aromatic N) is 1. The van der Waals surface area contributed by atoms with Gasteiger partial charge in [0.2, 0.25) is 0 Å². The number of hydrogen-bond donors (Lipinski definition) is 2. The molecular weight excluding hydrogens is 361 g/mol. The Morgan fingerprint density at radius 1 is 1.43 bits per heavy atom. The number of anilines is 2. The number of amides is 1. The maximum Gasteiger partial charge on any atom is 0.274 e. The summed E-state index contributed by atoms with van der Waals surface area (Å²) < 4.78 is 13.5. The molecule has 0 spiro atoms. The lowest BCUT2D eigenvalue weighted by atomic mass is 10.2. The molecule has 0 bridgehead atoms. The van der Waals surface area contributed by atoms with Crippen molar-refractivity contribution in [2.24, 2.45) is 0 Å². The molecule has 0 fully saturated rings. The zero-order chi connectivity index (χ0) is 15.4. The maximum atomic E-state index is 13.2. The van der Waals surface area contributed by atoms with E-state index in [0.717, 1.165) is 18.3 Å². The Morgan fingerprint density at radius 2 is 2.19 bits per heavy atom. The minimum absolute atomic E-state index is 0.109. The van der Waals surface area contributed by atoms with Gasteiger partial charge in [-0.25, -0.2) is 4.39 Å². The monoisotopic (exact) mass is 371 g/mol. The van der Waals surface area contributed by atoms with Crippen LogP contribution in [0, 0.1) is 5.82 Å². The summed E-state index contributed by atoms with van der Waals surface area (Å²) in [5.74, 6) is -0.916. The van der Waals surface area contributed by atoms with Crippen molar-refractivity contribution in [3.63, 3.8) is 0 Å². The van der Waals surface area contributed by atoms with Crippen LogP contribution in [-0.4, -0.2) is 17.4 Å². The third kappa shape index (κ3) is 3.92. The molecule has 0 unspecified atom stereocenters. The van der Waals surface area contributed by atoms with E-state index in [0.29, 0.717) is 10.2 Å². The van der Waals surface area contributed by atoms with Crippen molar-refractivity contribution in [2.45, 2.75) is 6.92 Å². The fourth-order valence-corrected chi connectivity index (χ4v) is 2.61. The smallest absolute Gasteiger partial charge is 0.274 e. The number of rotatable bonds is 4. The van der Waals surface area contributed by atoms with Crippen LogP contribution in [0.3, 0.4) is 0 Å². The van der Waals surface area contributed by atoms with Gasteiger partial charge in [0, 0.05) is 22.9 Å². The molecule has 0 saturated heterocycles. The van der Waals surface area contributed by atoms with Gasteiger partial charge >= 0.3 is 0 Å². The van der Waals surface area contributed by atoms with Gasteiger partial charge in [-0.15, -0.1) is 0 Å². The highest BCUT2D eigenvalue weighted by molar-refractivity contribution is 9.10. The van der Waals surface area contributed by atoms with Gasteiger partial charge < -0.3 is 10.6 Å². The van der Waals surface area contributed by atoms with Gasteiger partial charge in [-0.2, -0.15) is 0 Å². The molecule has 0 aliphatic heterocycles. The number of hydrogen-bond acceptors (Lipinski definition) is 3. The van der Waals surface area contributed by atoms with Crippen molar-refractivity contribution in [3.05, 3.63) is 51.5 Å². The predicted octanol–water partition coefficient (Wildman–Crippen LogP) is 4.32. The normalized spacial score (nSPS) is 10.3. The average Bonchev–Trinajstić information content (AvgIpc) is 2.43. The van der Waals surface area contributed by atoms with Crippen LogP contribution in [0.4, 0.5) is 15.8 Å². The molecule has 0 saturated carbocycles. The molecule has 2 N–H and O–H groups in total. The Morgan fingerprint density at radius 3 is 2.86 bits per heavy atom. The Balaban J connectivity index is 2.24. The van der Waals surface area contributed by atoms with E-state index in [1.165, 1.54) is 12.3 Å². The second kappa shape index (κ2) is 6.87. The van der Waals surface area contributed by atoms with Crippen LogP contribution < -0.4 is 10.6 Å². The number of carbonyl (C=O) groups excluding carboxylic acids is 1. The SMILES string of the molecule is CCNc1ccnc(C(=O)Nc2c(Cl)cc(F)cc2Br)c1. The lowest BCUT2D eigenvalue weighted by Crippen LogP contribution is -2.15. The number of nitrogens with one attached hydrogen (secondary N) is 2. The zero-order valence-electron chi connectivity index (χ0n) is 11.1. The number of aromatic nitrogens is 1. The summed E-state index contributed by atoms with van der Waals surface area (Å²) in [4.78, 5) is 16.2. The van der Waals surface area contributed by atoms with Gasteiger partial charge in [0.05, 0.1) is 10.7 Å². The highest BCUT2D eigenvalue weighted by Gasteiger charge is 2.14. The van der Waals surface area contributed by atoms with Crippen LogP contribution in [-0.2, 0) is 0 Å². The second-order valence-corrected chi connectivity index (χ2v) is 5.42. The molecule has 110 valence electrons. The van der Waals surface area contributed by atoms with Crippen molar-refractivity contribution >= 4 is 44.8 Å². The van der Waals surface area contributed by atoms with E-state index in [9.17, 15) is 9.18 Å². The Kier molecular flexibility index (Phi) is 5.14. The molecule has 0 aliphatic rings. The first kappa shape index (κ1) is 15.7. The van der Waals surface area contributed by atoms with Crippen LogP contribution in [0.25, 0.3) is 0 Å². The van der Waals surface area contributed by atoms with E-state index in [2.05, 4.69) is 31.5 Å². The molecule has 2 aromatic rings. The zero-order valence-corrected chi connectivity index (χ0v) is 13.4. The Labute approximate surface area is 134 Å². The molecule has 1 amide bonds. The Bertz CT molecular complexity index is 658. The number of carbonyl (C=O) groups is 1. The molecular formula is C14H12BrClFN3O. The highest BCUT2D eigenvalue weighted by Crippen LogP contribution is 2.32. The molecule has 0 radical (unpaired) electrons. The lowest BCUT2D eigenvalue weighted by molar-refractivity contribution is 0.102. The topological polar surface area (TPSA) is 54.0 Å². The van der Waals surface area contributed by atoms with Gasteiger partial charge in [0.1, 0.15) is 11.5 Å². The van der Waals surface area contributed by atoms with Crippen molar-refractivity contribution in [1.29, 1.82) is 0 Å². The van der Waals surface area contributed by atoms with E-state index in [-0.39, 0.29) is 10.7 Å². The number of pyridine rings is 1. The van der Waals surface area contributed by atoms with Gasteiger partial charge in [0.15, 0.2) is 0 Å². The summed E-state index contributed by atoms with van der Waals surface area (Å²) in [5, 5.41) is 5.82. The summed E-state index contributed by atoms with van der Waals surface area (Å²) in [6, 6.07) is 5.75. The summed E-state index contributed by atoms with van der Waals surface area (Å²) in [6.07, 6.45) is 1.54. The van der Waals surface area contributed by atoms with Crippen molar-refractivity contribution < 1.29 is 9.18 Å². The minimum atomic E-state index is -0.489. The van der Waals surface area contributed by atoms with Crippen LogP contribution in [0.2, 0.25) is 5.02 Å². The maximum absolute atomic E-state index is 13.2. The van der Waals surface area contributed by atoms with Crippen molar-refractivity contribution in [3.8, 4) is 0 Å². The van der Waals surface area contributed by atoms with Gasteiger partial charge in [-0.05, 0) is 47.1 Å². The summed E-state index contributed by atoms with van der Waals surface area (Å²) >= 11 is 9.10. The van der Waals surface area contributed by atoms with Crippen LogP contribution >= 0.6 is 27.5 Å². The van der Waals surface area contributed by atoms with E-state index in [1.807, 2.05) is 6.92 Å².